The molecule has 0 aromatic carbocycles. The molecule has 0 amide bonds. The zero-order valence-electron chi connectivity index (χ0n) is 13.2. The largest absolute Gasteiger partial charge is 0.380 e. The maximum Gasteiger partial charge on any atom is 0.165 e. The van der Waals surface area contributed by atoms with E-state index in [0.29, 0.717) is 5.41 Å². The Morgan fingerprint density at radius 2 is 2.05 bits per heavy atom. The highest BCUT2D eigenvalue weighted by Crippen LogP contribution is 2.77. The van der Waals surface area contributed by atoms with Crippen LogP contribution in [0.1, 0.15) is 46.5 Å². The molecule has 0 radical (unpaired) electrons. The van der Waals surface area contributed by atoms with Gasteiger partial charge in [0.05, 0.1) is 6.61 Å². The Bertz CT molecular complexity index is 585. The van der Waals surface area contributed by atoms with Crippen molar-refractivity contribution >= 4 is 0 Å². The minimum absolute atomic E-state index is 0.149. The van der Waals surface area contributed by atoms with E-state index < -0.39 is 5.79 Å². The SMILES string of the molecule is CC1(C)O[C@H]2C([C@]34COCC[C@@]3(C)C4)=C3C=CCC[C@@]32O1. The third kappa shape index (κ3) is 1.32. The lowest BCUT2D eigenvalue weighted by Gasteiger charge is -2.51. The fraction of sp³-hybridized carbons (Fsp3) is 0.778. The number of rotatable bonds is 1. The number of allylic oxidation sites excluding steroid dienone is 1. The zero-order valence-corrected chi connectivity index (χ0v) is 13.2. The Morgan fingerprint density at radius 3 is 2.86 bits per heavy atom. The molecule has 3 fully saturated rings. The first-order valence-corrected chi connectivity index (χ1v) is 8.30. The molecule has 0 N–H and O–H groups in total. The molecule has 1 spiro atoms. The lowest BCUT2D eigenvalue weighted by Crippen LogP contribution is -2.56. The first kappa shape index (κ1) is 12.9. The van der Waals surface area contributed by atoms with Crippen LogP contribution in [0.15, 0.2) is 23.3 Å². The van der Waals surface area contributed by atoms with Gasteiger partial charge in [0.2, 0.25) is 0 Å². The summed E-state index contributed by atoms with van der Waals surface area (Å²) >= 11 is 0. The highest BCUT2D eigenvalue weighted by atomic mass is 16.8. The first-order chi connectivity index (χ1) is 9.93. The molecular formula is C18H24O3. The normalized spacial score (nSPS) is 52.8. The summed E-state index contributed by atoms with van der Waals surface area (Å²) in [5.74, 6) is -0.472. The second kappa shape index (κ2) is 3.47. The predicted molar refractivity (Wildman–Crippen MR) is 78.8 cm³/mol. The van der Waals surface area contributed by atoms with Crippen LogP contribution in [0, 0.1) is 10.8 Å². The minimum atomic E-state index is -0.472. The quantitative estimate of drug-likeness (QED) is 0.740. The Morgan fingerprint density at radius 1 is 1.19 bits per heavy atom. The van der Waals surface area contributed by atoms with E-state index in [4.69, 9.17) is 14.2 Å². The minimum Gasteiger partial charge on any atom is -0.380 e. The summed E-state index contributed by atoms with van der Waals surface area (Å²) in [6, 6.07) is 0. The summed E-state index contributed by atoms with van der Waals surface area (Å²) in [5.41, 5.74) is 3.40. The molecule has 0 aromatic rings. The van der Waals surface area contributed by atoms with Crippen LogP contribution in [0.3, 0.4) is 0 Å². The lowest BCUT2D eigenvalue weighted by atomic mass is 9.60. The van der Waals surface area contributed by atoms with Crippen LogP contribution in [-0.4, -0.2) is 30.7 Å². The molecular weight excluding hydrogens is 264 g/mol. The molecule has 0 unspecified atom stereocenters. The van der Waals surface area contributed by atoms with Gasteiger partial charge in [0.25, 0.3) is 0 Å². The Balaban J connectivity index is 1.63. The molecule has 2 heterocycles. The van der Waals surface area contributed by atoms with Crippen molar-refractivity contribution in [3.8, 4) is 0 Å². The molecule has 5 aliphatic rings. The van der Waals surface area contributed by atoms with Gasteiger partial charge in [-0.1, -0.05) is 19.1 Å². The number of hydrogen-bond donors (Lipinski definition) is 0. The molecule has 3 aliphatic carbocycles. The van der Waals surface area contributed by atoms with E-state index in [9.17, 15) is 0 Å². The van der Waals surface area contributed by atoms with Crippen molar-refractivity contribution in [1.82, 2.24) is 0 Å². The molecule has 114 valence electrons. The maximum absolute atomic E-state index is 6.38. The van der Waals surface area contributed by atoms with Crippen molar-refractivity contribution in [2.24, 2.45) is 10.8 Å². The average Bonchev–Trinajstić information content (AvgIpc) is 2.98. The van der Waals surface area contributed by atoms with Gasteiger partial charge in [0, 0.05) is 12.0 Å². The topological polar surface area (TPSA) is 27.7 Å². The molecule has 3 heteroatoms. The van der Waals surface area contributed by atoms with Crippen molar-refractivity contribution in [3.63, 3.8) is 0 Å². The van der Waals surface area contributed by atoms with E-state index >= 15 is 0 Å². The molecule has 2 saturated heterocycles. The second-order valence-corrected chi connectivity index (χ2v) is 8.28. The summed E-state index contributed by atoms with van der Waals surface area (Å²) in [5, 5.41) is 0. The molecule has 0 bridgehead atoms. The average molecular weight is 288 g/mol. The Kier molecular flexibility index (Phi) is 2.13. The van der Waals surface area contributed by atoms with Crippen molar-refractivity contribution in [3.05, 3.63) is 23.3 Å². The summed E-state index contributed by atoms with van der Waals surface area (Å²) in [6.45, 7) is 8.31. The highest BCUT2D eigenvalue weighted by Gasteiger charge is 2.76. The van der Waals surface area contributed by atoms with Gasteiger partial charge in [-0.05, 0) is 56.1 Å². The van der Waals surface area contributed by atoms with E-state index in [1.165, 1.54) is 24.0 Å². The van der Waals surface area contributed by atoms with Crippen LogP contribution in [0.5, 0.6) is 0 Å². The van der Waals surface area contributed by atoms with Crippen LogP contribution in [-0.2, 0) is 14.2 Å². The summed E-state index contributed by atoms with van der Waals surface area (Å²) in [4.78, 5) is 0. The molecule has 0 aromatic heterocycles. The van der Waals surface area contributed by atoms with Crippen molar-refractivity contribution in [2.75, 3.05) is 13.2 Å². The zero-order chi connectivity index (χ0) is 14.5. The number of hydrogen-bond acceptors (Lipinski definition) is 3. The molecule has 1 saturated carbocycles. The van der Waals surface area contributed by atoms with E-state index in [0.717, 1.165) is 26.1 Å². The smallest absolute Gasteiger partial charge is 0.165 e. The third-order valence-corrected chi connectivity index (χ3v) is 6.61. The van der Waals surface area contributed by atoms with Gasteiger partial charge in [-0.3, -0.25) is 0 Å². The molecule has 5 rings (SSSR count). The van der Waals surface area contributed by atoms with Gasteiger partial charge in [-0.25, -0.2) is 0 Å². The van der Waals surface area contributed by atoms with E-state index in [1.54, 1.807) is 0 Å². The van der Waals surface area contributed by atoms with Crippen LogP contribution in [0.2, 0.25) is 0 Å². The molecule has 2 aliphatic heterocycles. The van der Waals surface area contributed by atoms with Crippen LogP contribution in [0.4, 0.5) is 0 Å². The van der Waals surface area contributed by atoms with E-state index in [1.807, 2.05) is 0 Å². The number of ether oxygens (including phenoxy) is 3. The van der Waals surface area contributed by atoms with Gasteiger partial charge in [-0.15, -0.1) is 0 Å². The third-order valence-electron chi connectivity index (χ3n) is 6.61. The lowest BCUT2D eigenvalue weighted by molar-refractivity contribution is -0.153. The first-order valence-electron chi connectivity index (χ1n) is 8.30. The van der Waals surface area contributed by atoms with Crippen LogP contribution in [0.25, 0.3) is 0 Å². The fourth-order valence-corrected chi connectivity index (χ4v) is 5.45. The molecule has 21 heavy (non-hydrogen) atoms. The van der Waals surface area contributed by atoms with Gasteiger partial charge in [-0.2, -0.15) is 0 Å². The molecule has 4 atom stereocenters. The van der Waals surface area contributed by atoms with Gasteiger partial charge >= 0.3 is 0 Å². The van der Waals surface area contributed by atoms with E-state index in [-0.39, 0.29) is 17.1 Å². The van der Waals surface area contributed by atoms with Gasteiger partial charge in [0.15, 0.2) is 5.79 Å². The van der Waals surface area contributed by atoms with Gasteiger partial charge < -0.3 is 14.2 Å². The second-order valence-electron chi connectivity index (χ2n) is 8.28. The van der Waals surface area contributed by atoms with Crippen LogP contribution >= 0.6 is 0 Å². The Hall–Kier alpha value is -0.640. The number of fused-ring (bicyclic) bond motifs is 1. The fourth-order valence-electron chi connectivity index (χ4n) is 5.45. The summed E-state index contributed by atoms with van der Waals surface area (Å²) < 4.78 is 18.6. The van der Waals surface area contributed by atoms with Crippen molar-refractivity contribution in [2.45, 2.75) is 63.9 Å². The van der Waals surface area contributed by atoms with Gasteiger partial charge in [0.1, 0.15) is 11.7 Å². The predicted octanol–water partition coefficient (Wildman–Crippen LogP) is 3.35. The summed E-state index contributed by atoms with van der Waals surface area (Å²) in [7, 11) is 0. The summed E-state index contributed by atoms with van der Waals surface area (Å²) in [6.07, 6.45) is 9.34. The highest BCUT2D eigenvalue weighted by molar-refractivity contribution is 5.58. The standard InChI is InChI=1S/C18H24O3/c1-15(2)20-14-13(12-6-4-5-7-18(12,14)21-15)17-10-16(17,3)8-9-19-11-17/h4,6,14H,5,7-11H2,1-3H3/t14-,16-,17-,18+/m0/s1. The molecule has 3 nitrogen and oxygen atoms in total. The van der Waals surface area contributed by atoms with Crippen LogP contribution < -0.4 is 0 Å². The van der Waals surface area contributed by atoms with Crippen molar-refractivity contribution in [1.29, 1.82) is 0 Å². The Labute approximate surface area is 126 Å². The van der Waals surface area contributed by atoms with Crippen molar-refractivity contribution < 1.29 is 14.2 Å². The van der Waals surface area contributed by atoms with E-state index in [2.05, 4.69) is 32.9 Å². The monoisotopic (exact) mass is 288 g/mol. The maximum atomic E-state index is 6.38.